The summed E-state index contributed by atoms with van der Waals surface area (Å²) >= 11 is 0. The molecule has 0 spiro atoms. The Bertz CT molecular complexity index is 282. The Morgan fingerprint density at radius 3 is 2.59 bits per heavy atom. The van der Waals surface area contributed by atoms with E-state index in [1.165, 1.54) is 25.8 Å². The van der Waals surface area contributed by atoms with Crippen molar-refractivity contribution < 1.29 is 9.53 Å². The van der Waals surface area contributed by atoms with Gasteiger partial charge in [0, 0.05) is 18.6 Å². The van der Waals surface area contributed by atoms with E-state index in [0.29, 0.717) is 0 Å². The van der Waals surface area contributed by atoms with Crippen LogP contribution in [0.25, 0.3) is 0 Å². The van der Waals surface area contributed by atoms with Crippen LogP contribution in [0.5, 0.6) is 0 Å². The van der Waals surface area contributed by atoms with Gasteiger partial charge in [-0.15, -0.1) is 0 Å². The molecular weight excluding hydrogens is 216 g/mol. The number of nitrogens with one attached hydrogen (secondary N) is 1. The molecule has 1 aliphatic heterocycles. The van der Waals surface area contributed by atoms with Crippen molar-refractivity contribution in [3.63, 3.8) is 0 Å². The molecule has 1 heterocycles. The fourth-order valence-electron chi connectivity index (χ4n) is 2.37. The maximum atomic E-state index is 11.7. The van der Waals surface area contributed by atoms with Crippen LogP contribution in [0.2, 0.25) is 0 Å². The lowest BCUT2D eigenvalue weighted by molar-refractivity contribution is 0.0470. The van der Waals surface area contributed by atoms with Crippen LogP contribution in [0.4, 0.5) is 4.79 Å². The van der Waals surface area contributed by atoms with Crippen molar-refractivity contribution in [2.75, 3.05) is 13.1 Å². The summed E-state index contributed by atoms with van der Waals surface area (Å²) in [5.41, 5.74) is -0.408. The average Bonchev–Trinajstić information content (AvgIpc) is 2.97. The number of amides is 1. The van der Waals surface area contributed by atoms with Gasteiger partial charge in [0.25, 0.3) is 0 Å². The molecule has 0 radical (unpaired) electrons. The Morgan fingerprint density at radius 1 is 1.29 bits per heavy atom. The van der Waals surface area contributed by atoms with E-state index in [1.54, 1.807) is 0 Å². The highest BCUT2D eigenvalue weighted by Crippen LogP contribution is 2.29. The SMILES string of the molecule is CC(C)(C)OC(=O)N[C@H]1CCCN(C2CC2)C1. The van der Waals surface area contributed by atoms with Crippen LogP contribution in [-0.2, 0) is 4.74 Å². The number of hydrogen-bond donors (Lipinski definition) is 1. The molecule has 1 amide bonds. The number of rotatable bonds is 2. The Morgan fingerprint density at radius 2 is 2.00 bits per heavy atom. The standard InChI is InChI=1S/C13H24N2O2/c1-13(2,3)17-12(16)14-10-5-4-8-15(9-10)11-6-7-11/h10-11H,4-9H2,1-3H3,(H,14,16)/t10-/m0/s1. The zero-order valence-electron chi connectivity index (χ0n) is 11.2. The molecule has 1 atom stereocenters. The second-order valence-corrected chi connectivity index (χ2v) is 6.21. The highest BCUT2D eigenvalue weighted by molar-refractivity contribution is 5.68. The Labute approximate surface area is 104 Å². The van der Waals surface area contributed by atoms with Gasteiger partial charge in [0.2, 0.25) is 0 Å². The van der Waals surface area contributed by atoms with Crippen LogP contribution < -0.4 is 5.32 Å². The Hall–Kier alpha value is -0.770. The molecule has 98 valence electrons. The van der Waals surface area contributed by atoms with E-state index in [4.69, 9.17) is 4.74 Å². The van der Waals surface area contributed by atoms with Gasteiger partial charge < -0.3 is 10.1 Å². The zero-order valence-corrected chi connectivity index (χ0v) is 11.2. The third-order valence-electron chi connectivity index (χ3n) is 3.24. The molecule has 4 nitrogen and oxygen atoms in total. The molecule has 0 aromatic heterocycles. The minimum Gasteiger partial charge on any atom is -0.444 e. The molecule has 2 aliphatic rings. The molecule has 0 aromatic carbocycles. The fraction of sp³-hybridized carbons (Fsp3) is 0.923. The summed E-state index contributed by atoms with van der Waals surface area (Å²) in [6.07, 6.45) is 4.64. The van der Waals surface area contributed by atoms with Gasteiger partial charge in [-0.05, 0) is 53.0 Å². The smallest absolute Gasteiger partial charge is 0.407 e. The van der Waals surface area contributed by atoms with Crippen molar-refractivity contribution in [3.05, 3.63) is 0 Å². The van der Waals surface area contributed by atoms with Gasteiger partial charge >= 0.3 is 6.09 Å². The van der Waals surface area contributed by atoms with Crippen molar-refractivity contribution in [3.8, 4) is 0 Å². The molecule has 0 unspecified atom stereocenters. The number of carbonyl (C=O) groups excluding carboxylic acids is 1. The molecule has 1 saturated carbocycles. The quantitative estimate of drug-likeness (QED) is 0.804. The molecular formula is C13H24N2O2. The van der Waals surface area contributed by atoms with E-state index >= 15 is 0 Å². The molecule has 1 N–H and O–H groups in total. The molecule has 0 bridgehead atoms. The minimum absolute atomic E-state index is 0.263. The lowest BCUT2D eigenvalue weighted by Crippen LogP contribution is -2.49. The largest absolute Gasteiger partial charge is 0.444 e. The van der Waals surface area contributed by atoms with E-state index in [-0.39, 0.29) is 12.1 Å². The van der Waals surface area contributed by atoms with Crippen molar-refractivity contribution in [1.29, 1.82) is 0 Å². The number of hydrogen-bond acceptors (Lipinski definition) is 3. The van der Waals surface area contributed by atoms with E-state index in [9.17, 15) is 4.79 Å². The van der Waals surface area contributed by atoms with Crippen LogP contribution in [0.15, 0.2) is 0 Å². The maximum absolute atomic E-state index is 11.7. The minimum atomic E-state index is -0.408. The summed E-state index contributed by atoms with van der Waals surface area (Å²) in [5, 5.41) is 2.99. The first-order chi connectivity index (χ1) is 7.94. The summed E-state index contributed by atoms with van der Waals surface area (Å²) in [4.78, 5) is 14.2. The maximum Gasteiger partial charge on any atom is 0.407 e. The van der Waals surface area contributed by atoms with Gasteiger partial charge in [-0.2, -0.15) is 0 Å². The number of ether oxygens (including phenoxy) is 1. The van der Waals surface area contributed by atoms with Crippen LogP contribution in [0.1, 0.15) is 46.5 Å². The van der Waals surface area contributed by atoms with Crippen molar-refractivity contribution >= 4 is 6.09 Å². The van der Waals surface area contributed by atoms with E-state index in [2.05, 4.69) is 10.2 Å². The van der Waals surface area contributed by atoms with Crippen LogP contribution >= 0.6 is 0 Å². The molecule has 17 heavy (non-hydrogen) atoms. The average molecular weight is 240 g/mol. The van der Waals surface area contributed by atoms with E-state index in [0.717, 1.165) is 19.0 Å². The normalized spacial score (nSPS) is 26.6. The first-order valence-electron chi connectivity index (χ1n) is 6.67. The molecule has 1 aliphatic carbocycles. The number of carbonyl (C=O) groups is 1. The Kier molecular flexibility index (Phi) is 3.61. The number of likely N-dealkylation sites (tertiary alicyclic amines) is 1. The van der Waals surface area contributed by atoms with Crippen LogP contribution in [-0.4, -0.2) is 41.8 Å². The van der Waals surface area contributed by atoms with Gasteiger partial charge in [-0.25, -0.2) is 4.79 Å². The lowest BCUT2D eigenvalue weighted by atomic mass is 10.1. The summed E-state index contributed by atoms with van der Waals surface area (Å²) in [6.45, 7) is 7.86. The van der Waals surface area contributed by atoms with E-state index < -0.39 is 5.60 Å². The van der Waals surface area contributed by atoms with Gasteiger partial charge in [-0.3, -0.25) is 4.90 Å². The zero-order chi connectivity index (χ0) is 12.5. The third kappa shape index (κ3) is 4.19. The van der Waals surface area contributed by atoms with Gasteiger partial charge in [0.05, 0.1) is 0 Å². The second kappa shape index (κ2) is 4.84. The second-order valence-electron chi connectivity index (χ2n) is 6.21. The van der Waals surface area contributed by atoms with Crippen molar-refractivity contribution in [2.24, 2.45) is 0 Å². The summed E-state index contributed by atoms with van der Waals surface area (Å²) in [7, 11) is 0. The van der Waals surface area contributed by atoms with Gasteiger partial charge in [0.15, 0.2) is 0 Å². The topological polar surface area (TPSA) is 41.6 Å². The number of alkyl carbamates (subject to hydrolysis) is 1. The summed E-state index contributed by atoms with van der Waals surface area (Å²) in [5.74, 6) is 0. The highest BCUT2D eigenvalue weighted by atomic mass is 16.6. The fourth-order valence-corrected chi connectivity index (χ4v) is 2.37. The lowest BCUT2D eigenvalue weighted by Gasteiger charge is -2.33. The van der Waals surface area contributed by atoms with Crippen LogP contribution in [0.3, 0.4) is 0 Å². The summed E-state index contributed by atoms with van der Waals surface area (Å²) in [6, 6.07) is 1.05. The van der Waals surface area contributed by atoms with Gasteiger partial charge in [0.1, 0.15) is 5.60 Å². The van der Waals surface area contributed by atoms with Gasteiger partial charge in [-0.1, -0.05) is 0 Å². The molecule has 1 saturated heterocycles. The first-order valence-corrected chi connectivity index (χ1v) is 6.67. The Balaban J connectivity index is 1.76. The third-order valence-corrected chi connectivity index (χ3v) is 3.24. The monoisotopic (exact) mass is 240 g/mol. The van der Waals surface area contributed by atoms with Crippen molar-refractivity contribution in [1.82, 2.24) is 10.2 Å². The number of nitrogens with zero attached hydrogens (tertiary/aromatic N) is 1. The van der Waals surface area contributed by atoms with Crippen molar-refractivity contribution in [2.45, 2.75) is 64.1 Å². The molecule has 2 fully saturated rings. The predicted octanol–water partition coefficient (Wildman–Crippen LogP) is 2.14. The first kappa shape index (κ1) is 12.7. The number of piperidine rings is 1. The molecule has 0 aromatic rings. The highest BCUT2D eigenvalue weighted by Gasteiger charge is 2.33. The summed E-state index contributed by atoms with van der Waals surface area (Å²) < 4.78 is 5.28. The molecule has 2 rings (SSSR count). The van der Waals surface area contributed by atoms with Crippen LogP contribution in [0, 0.1) is 0 Å². The predicted molar refractivity (Wildman–Crippen MR) is 67.0 cm³/mol. The van der Waals surface area contributed by atoms with E-state index in [1.807, 2.05) is 20.8 Å². The molecule has 4 heteroatoms.